The lowest BCUT2D eigenvalue weighted by Crippen LogP contribution is -2.40. The van der Waals surface area contributed by atoms with Crippen LogP contribution in [0.1, 0.15) is 17.3 Å². The van der Waals surface area contributed by atoms with Gasteiger partial charge in [0.05, 0.1) is 12.3 Å². The van der Waals surface area contributed by atoms with Gasteiger partial charge in [-0.25, -0.2) is 4.39 Å². The summed E-state index contributed by atoms with van der Waals surface area (Å²) in [6.45, 7) is 2.31. The number of anilines is 1. The average Bonchev–Trinajstić information content (AvgIpc) is 3.17. The van der Waals surface area contributed by atoms with Gasteiger partial charge in [-0.1, -0.05) is 11.6 Å². The third-order valence-corrected chi connectivity index (χ3v) is 4.33. The Balaban J connectivity index is 1.81. The molecule has 0 spiro atoms. The summed E-state index contributed by atoms with van der Waals surface area (Å²) in [6.07, 6.45) is 0. The van der Waals surface area contributed by atoms with E-state index < -0.39 is 5.91 Å². The Morgan fingerprint density at radius 3 is 2.60 bits per heavy atom. The van der Waals surface area contributed by atoms with Crippen molar-refractivity contribution in [3.8, 4) is 11.3 Å². The molecule has 2 aromatic carbocycles. The minimum atomic E-state index is -0.440. The molecule has 1 unspecified atom stereocenters. The van der Waals surface area contributed by atoms with Gasteiger partial charge in [-0.2, -0.15) is 10.1 Å². The monoisotopic (exact) mass is 429 g/mol. The van der Waals surface area contributed by atoms with Crippen LogP contribution in [0, 0.1) is 5.82 Å². The SMILES string of the molecule is COCC(C)N/C(=N/C(=O)c1ccc(Cl)cc1)Nc1cc(-c2ccc(F)cc2)n[nH]1. The molecule has 0 saturated carbocycles. The highest BCUT2D eigenvalue weighted by Gasteiger charge is 2.12. The van der Waals surface area contributed by atoms with Crippen LogP contribution < -0.4 is 10.6 Å². The molecule has 1 heterocycles. The molecule has 3 aromatic rings. The third-order valence-electron chi connectivity index (χ3n) is 4.08. The van der Waals surface area contributed by atoms with E-state index in [4.69, 9.17) is 16.3 Å². The Labute approximate surface area is 178 Å². The number of amides is 1. The summed E-state index contributed by atoms with van der Waals surface area (Å²) >= 11 is 5.88. The number of rotatable bonds is 6. The van der Waals surface area contributed by atoms with Crippen LogP contribution in [0.4, 0.5) is 10.2 Å². The molecule has 1 aromatic heterocycles. The van der Waals surface area contributed by atoms with Crippen LogP contribution in [0.2, 0.25) is 5.02 Å². The smallest absolute Gasteiger partial charge is 0.280 e. The molecule has 3 N–H and O–H groups in total. The maximum absolute atomic E-state index is 13.1. The Kier molecular flexibility index (Phi) is 7.16. The molecule has 156 valence electrons. The summed E-state index contributed by atoms with van der Waals surface area (Å²) < 4.78 is 18.3. The standard InChI is InChI=1S/C21H21ClFN5O2/c1-13(12-30-2)24-21(26-20(29)15-3-7-16(22)8-4-15)25-19-11-18(27-28-19)14-5-9-17(23)10-6-14/h3-11,13H,12H2,1-2H3,(H3,24,25,26,27,28,29). The second kappa shape index (κ2) is 10.00. The van der Waals surface area contributed by atoms with Gasteiger partial charge >= 0.3 is 0 Å². The van der Waals surface area contributed by atoms with Crippen molar-refractivity contribution in [2.24, 2.45) is 4.99 Å². The molecule has 0 aliphatic rings. The van der Waals surface area contributed by atoms with E-state index in [0.717, 1.165) is 5.56 Å². The highest BCUT2D eigenvalue weighted by atomic mass is 35.5. The first kappa shape index (κ1) is 21.5. The van der Waals surface area contributed by atoms with Gasteiger partial charge in [-0.05, 0) is 55.5 Å². The predicted octanol–water partition coefficient (Wildman–Crippen LogP) is 4.10. The van der Waals surface area contributed by atoms with Gasteiger partial charge in [0.25, 0.3) is 5.91 Å². The van der Waals surface area contributed by atoms with Crippen LogP contribution in [0.15, 0.2) is 59.6 Å². The van der Waals surface area contributed by atoms with E-state index in [-0.39, 0.29) is 17.8 Å². The quantitative estimate of drug-likeness (QED) is 0.405. The summed E-state index contributed by atoms with van der Waals surface area (Å²) in [4.78, 5) is 16.7. The molecule has 0 aliphatic heterocycles. The van der Waals surface area contributed by atoms with Crippen molar-refractivity contribution in [3.63, 3.8) is 0 Å². The molecule has 30 heavy (non-hydrogen) atoms. The fourth-order valence-electron chi connectivity index (χ4n) is 2.66. The lowest BCUT2D eigenvalue weighted by atomic mass is 10.1. The first-order chi connectivity index (χ1) is 14.4. The molecule has 0 radical (unpaired) electrons. The number of aromatic nitrogens is 2. The van der Waals surface area contributed by atoms with E-state index in [0.29, 0.717) is 28.7 Å². The van der Waals surface area contributed by atoms with E-state index >= 15 is 0 Å². The first-order valence-corrected chi connectivity index (χ1v) is 9.55. The zero-order valence-corrected chi connectivity index (χ0v) is 17.2. The molecule has 1 amide bonds. The lowest BCUT2D eigenvalue weighted by molar-refractivity contribution is 0.100. The largest absolute Gasteiger partial charge is 0.383 e. The number of methoxy groups -OCH3 is 1. The molecule has 0 saturated heterocycles. The summed E-state index contributed by atoms with van der Waals surface area (Å²) in [5.41, 5.74) is 1.76. The van der Waals surface area contributed by atoms with Crippen LogP contribution in [0.3, 0.4) is 0 Å². The molecule has 7 nitrogen and oxygen atoms in total. The zero-order chi connectivity index (χ0) is 21.5. The zero-order valence-electron chi connectivity index (χ0n) is 16.4. The first-order valence-electron chi connectivity index (χ1n) is 9.17. The van der Waals surface area contributed by atoms with Crippen molar-refractivity contribution in [1.82, 2.24) is 15.5 Å². The highest BCUT2D eigenvalue weighted by molar-refractivity contribution is 6.30. The van der Waals surface area contributed by atoms with Crippen LogP contribution in [0.25, 0.3) is 11.3 Å². The summed E-state index contributed by atoms with van der Waals surface area (Å²) in [6, 6.07) is 14.1. The van der Waals surface area contributed by atoms with E-state index in [1.165, 1.54) is 12.1 Å². The van der Waals surface area contributed by atoms with Crippen molar-refractivity contribution in [3.05, 3.63) is 71.0 Å². The van der Waals surface area contributed by atoms with Gasteiger partial charge in [0.2, 0.25) is 5.96 Å². The van der Waals surface area contributed by atoms with Gasteiger partial charge in [-0.15, -0.1) is 0 Å². The number of hydrogen-bond donors (Lipinski definition) is 3. The van der Waals surface area contributed by atoms with Crippen molar-refractivity contribution < 1.29 is 13.9 Å². The van der Waals surface area contributed by atoms with Gasteiger partial charge in [0, 0.05) is 35.4 Å². The van der Waals surface area contributed by atoms with Crippen LogP contribution in [-0.2, 0) is 4.74 Å². The number of ether oxygens (including phenoxy) is 1. The van der Waals surface area contributed by atoms with E-state index in [9.17, 15) is 9.18 Å². The van der Waals surface area contributed by atoms with Crippen molar-refractivity contribution in [1.29, 1.82) is 0 Å². The number of carbonyl (C=O) groups is 1. The van der Waals surface area contributed by atoms with Crippen molar-refractivity contribution >= 4 is 29.3 Å². The fourth-order valence-corrected chi connectivity index (χ4v) is 2.79. The maximum atomic E-state index is 13.1. The third kappa shape index (κ3) is 5.88. The Morgan fingerprint density at radius 1 is 1.23 bits per heavy atom. The van der Waals surface area contributed by atoms with Gasteiger partial charge in [0.15, 0.2) is 0 Å². The molecule has 0 aliphatic carbocycles. The van der Waals surface area contributed by atoms with E-state index in [1.54, 1.807) is 49.6 Å². The molecule has 0 bridgehead atoms. The Bertz CT molecular complexity index is 1020. The van der Waals surface area contributed by atoms with Crippen LogP contribution >= 0.6 is 11.6 Å². The Hall–Kier alpha value is -3.23. The van der Waals surface area contributed by atoms with Crippen molar-refractivity contribution in [2.45, 2.75) is 13.0 Å². The van der Waals surface area contributed by atoms with Gasteiger partial charge < -0.3 is 15.4 Å². The normalized spacial score (nSPS) is 12.5. The number of hydrogen-bond acceptors (Lipinski definition) is 3. The predicted molar refractivity (Wildman–Crippen MR) is 115 cm³/mol. The number of H-pyrrole nitrogens is 1. The minimum Gasteiger partial charge on any atom is -0.383 e. The number of aliphatic imine (C=N–C) groups is 1. The molecular weight excluding hydrogens is 409 g/mol. The fraction of sp³-hybridized carbons (Fsp3) is 0.190. The highest BCUT2D eigenvalue weighted by Crippen LogP contribution is 2.20. The second-order valence-corrected chi connectivity index (χ2v) is 7.01. The van der Waals surface area contributed by atoms with Crippen LogP contribution in [0.5, 0.6) is 0 Å². The van der Waals surface area contributed by atoms with Crippen molar-refractivity contribution in [2.75, 3.05) is 19.0 Å². The lowest BCUT2D eigenvalue weighted by Gasteiger charge is -2.16. The Morgan fingerprint density at radius 2 is 1.93 bits per heavy atom. The number of benzene rings is 2. The molecule has 9 heteroatoms. The molecule has 3 rings (SSSR count). The molecule has 0 fully saturated rings. The van der Waals surface area contributed by atoms with E-state index in [2.05, 4.69) is 25.8 Å². The number of halogens is 2. The summed E-state index contributed by atoms with van der Waals surface area (Å²) in [5.74, 6) is -0.0217. The number of guanidine groups is 1. The number of carbonyl (C=O) groups excluding carboxylic acids is 1. The summed E-state index contributed by atoms with van der Waals surface area (Å²) in [7, 11) is 1.59. The van der Waals surface area contributed by atoms with Crippen LogP contribution in [-0.4, -0.2) is 41.8 Å². The van der Waals surface area contributed by atoms with Gasteiger partial charge in [0.1, 0.15) is 11.6 Å². The summed E-state index contributed by atoms with van der Waals surface area (Å²) in [5, 5.41) is 13.7. The van der Waals surface area contributed by atoms with Gasteiger partial charge in [-0.3, -0.25) is 9.89 Å². The minimum absolute atomic E-state index is 0.112. The molecule has 1 atom stereocenters. The maximum Gasteiger partial charge on any atom is 0.280 e. The average molecular weight is 430 g/mol. The van der Waals surface area contributed by atoms with E-state index in [1.807, 2.05) is 6.92 Å². The molecular formula is C21H21ClFN5O2. The second-order valence-electron chi connectivity index (χ2n) is 6.57. The topological polar surface area (TPSA) is 91.4 Å². The number of nitrogens with one attached hydrogen (secondary N) is 3. The number of nitrogens with zero attached hydrogens (tertiary/aromatic N) is 2. The number of aromatic amines is 1.